The maximum absolute atomic E-state index is 13.1. The van der Waals surface area contributed by atoms with Gasteiger partial charge in [-0.3, -0.25) is 4.79 Å². The van der Waals surface area contributed by atoms with E-state index in [4.69, 9.17) is 4.98 Å². The Bertz CT molecular complexity index is 905. The molecule has 0 aliphatic carbocycles. The van der Waals surface area contributed by atoms with Gasteiger partial charge in [-0.25, -0.2) is 4.98 Å². The van der Waals surface area contributed by atoms with Crippen LogP contribution >= 0.6 is 11.3 Å². The maximum atomic E-state index is 13.1. The summed E-state index contributed by atoms with van der Waals surface area (Å²) in [4.78, 5) is 20.9. The Morgan fingerprint density at radius 1 is 1.12 bits per heavy atom. The second-order valence-electron chi connectivity index (χ2n) is 6.09. The number of fused-ring (bicyclic) bond motifs is 1. The molecule has 3 heterocycles. The lowest BCUT2D eigenvalue weighted by atomic mass is 10.0. The third-order valence-electron chi connectivity index (χ3n) is 4.48. The first-order valence-electron chi connectivity index (χ1n) is 8.12. The third-order valence-corrected chi connectivity index (χ3v) is 5.37. The number of pyridine rings is 1. The molecule has 1 aromatic carbocycles. The average Bonchev–Trinajstić information content (AvgIpc) is 3.15. The summed E-state index contributed by atoms with van der Waals surface area (Å²) < 4.78 is 0. The molecule has 3 nitrogen and oxygen atoms in total. The van der Waals surface area contributed by atoms with E-state index in [2.05, 4.69) is 6.58 Å². The number of carbonyl (C=O) groups excluding carboxylic acids is 1. The summed E-state index contributed by atoms with van der Waals surface area (Å²) in [6, 6.07) is 13.9. The van der Waals surface area contributed by atoms with Gasteiger partial charge in [-0.15, -0.1) is 11.3 Å². The molecule has 1 fully saturated rings. The fourth-order valence-electron chi connectivity index (χ4n) is 3.10. The van der Waals surface area contributed by atoms with Gasteiger partial charge in [0.15, 0.2) is 0 Å². The molecule has 0 N–H and O–H groups in total. The van der Waals surface area contributed by atoms with Crippen LogP contribution in [0.4, 0.5) is 0 Å². The van der Waals surface area contributed by atoms with E-state index in [1.165, 1.54) is 5.57 Å². The number of nitrogens with zero attached hydrogens (tertiary/aromatic N) is 2. The van der Waals surface area contributed by atoms with E-state index < -0.39 is 0 Å². The van der Waals surface area contributed by atoms with Crippen molar-refractivity contribution >= 4 is 28.1 Å². The number of hydrogen-bond acceptors (Lipinski definition) is 3. The second kappa shape index (κ2) is 6.21. The van der Waals surface area contributed by atoms with Gasteiger partial charge in [-0.1, -0.05) is 36.4 Å². The predicted octanol–water partition coefficient (Wildman–Crippen LogP) is 4.76. The zero-order chi connectivity index (χ0) is 16.5. The Morgan fingerprint density at radius 2 is 1.92 bits per heavy atom. The summed E-state index contributed by atoms with van der Waals surface area (Å²) in [5.41, 5.74) is 3.72. The lowest BCUT2D eigenvalue weighted by molar-refractivity contribution is 0.0746. The highest BCUT2D eigenvalue weighted by molar-refractivity contribution is 7.13. The minimum absolute atomic E-state index is 0.0962. The van der Waals surface area contributed by atoms with E-state index in [0.717, 1.165) is 53.0 Å². The van der Waals surface area contributed by atoms with E-state index in [1.807, 2.05) is 52.7 Å². The average molecular weight is 334 g/mol. The number of hydrogen-bond donors (Lipinski definition) is 0. The van der Waals surface area contributed by atoms with Crippen molar-refractivity contribution in [3.05, 3.63) is 65.6 Å². The van der Waals surface area contributed by atoms with Gasteiger partial charge in [0.2, 0.25) is 0 Å². The molecule has 120 valence electrons. The number of para-hydroxylation sites is 1. The van der Waals surface area contributed by atoms with Crippen molar-refractivity contribution in [2.24, 2.45) is 0 Å². The molecule has 0 spiro atoms. The Morgan fingerprint density at radius 3 is 2.67 bits per heavy atom. The van der Waals surface area contributed by atoms with Crippen LogP contribution in [0.15, 0.2) is 60.0 Å². The molecule has 4 heteroatoms. The van der Waals surface area contributed by atoms with E-state index in [1.54, 1.807) is 11.3 Å². The number of thiophene rings is 1. The fourth-order valence-corrected chi connectivity index (χ4v) is 3.79. The topological polar surface area (TPSA) is 33.2 Å². The number of carbonyl (C=O) groups is 1. The van der Waals surface area contributed by atoms with Crippen LogP contribution in [-0.4, -0.2) is 28.9 Å². The van der Waals surface area contributed by atoms with Crippen LogP contribution in [0.5, 0.6) is 0 Å². The first-order chi connectivity index (χ1) is 11.7. The minimum atomic E-state index is 0.0962. The SMILES string of the molecule is C=C1CCN(C(=O)c2cc(-c3cccs3)nc3ccccc23)CC1. The van der Waals surface area contributed by atoms with E-state index in [9.17, 15) is 4.79 Å². The summed E-state index contributed by atoms with van der Waals surface area (Å²) in [5.74, 6) is 0.0962. The standard InChI is InChI=1S/C20H18N2OS/c1-14-8-10-22(11-9-14)20(23)16-13-18(19-7-4-12-24-19)21-17-6-3-2-5-15(16)17/h2-7,12-13H,1,8-11H2. The summed E-state index contributed by atoms with van der Waals surface area (Å²) >= 11 is 1.64. The summed E-state index contributed by atoms with van der Waals surface area (Å²) in [6.07, 6.45) is 1.79. The Kier molecular flexibility index (Phi) is 3.90. The monoisotopic (exact) mass is 334 g/mol. The van der Waals surface area contributed by atoms with Crippen molar-refractivity contribution in [2.75, 3.05) is 13.1 Å². The highest BCUT2D eigenvalue weighted by Crippen LogP contribution is 2.29. The summed E-state index contributed by atoms with van der Waals surface area (Å²) in [7, 11) is 0. The van der Waals surface area contributed by atoms with Crippen LogP contribution in [0, 0.1) is 0 Å². The number of rotatable bonds is 2. The molecule has 4 rings (SSSR count). The first kappa shape index (κ1) is 15.1. The smallest absolute Gasteiger partial charge is 0.254 e. The van der Waals surface area contributed by atoms with Crippen molar-refractivity contribution in [1.29, 1.82) is 0 Å². The van der Waals surface area contributed by atoms with Crippen LogP contribution in [0.1, 0.15) is 23.2 Å². The van der Waals surface area contributed by atoms with Crippen LogP contribution in [0.3, 0.4) is 0 Å². The van der Waals surface area contributed by atoms with Crippen LogP contribution < -0.4 is 0 Å². The van der Waals surface area contributed by atoms with Gasteiger partial charge in [-0.2, -0.15) is 0 Å². The van der Waals surface area contributed by atoms with Gasteiger partial charge in [0.05, 0.1) is 21.7 Å². The van der Waals surface area contributed by atoms with Gasteiger partial charge >= 0.3 is 0 Å². The predicted molar refractivity (Wildman–Crippen MR) is 99.3 cm³/mol. The fraction of sp³-hybridized carbons (Fsp3) is 0.200. The van der Waals surface area contributed by atoms with Crippen molar-refractivity contribution in [1.82, 2.24) is 9.88 Å². The van der Waals surface area contributed by atoms with Crippen LogP contribution in [0.25, 0.3) is 21.5 Å². The third kappa shape index (κ3) is 2.74. The summed E-state index contributed by atoms with van der Waals surface area (Å²) in [5, 5.41) is 2.96. The maximum Gasteiger partial charge on any atom is 0.254 e. The van der Waals surface area contributed by atoms with Gasteiger partial charge in [-0.05, 0) is 36.4 Å². The Labute approximate surface area is 145 Å². The quantitative estimate of drug-likeness (QED) is 0.633. The molecular formula is C20H18N2OS. The molecule has 0 radical (unpaired) electrons. The van der Waals surface area contributed by atoms with Crippen LogP contribution in [-0.2, 0) is 0 Å². The molecule has 0 atom stereocenters. The highest BCUT2D eigenvalue weighted by Gasteiger charge is 2.22. The lowest BCUT2D eigenvalue weighted by Gasteiger charge is -2.28. The van der Waals surface area contributed by atoms with Gasteiger partial charge in [0, 0.05) is 18.5 Å². The van der Waals surface area contributed by atoms with E-state index in [0.29, 0.717) is 0 Å². The molecule has 2 aromatic heterocycles. The second-order valence-corrected chi connectivity index (χ2v) is 7.04. The van der Waals surface area contributed by atoms with Crippen molar-refractivity contribution in [2.45, 2.75) is 12.8 Å². The zero-order valence-corrected chi connectivity index (χ0v) is 14.2. The Balaban J connectivity index is 1.81. The molecule has 1 aliphatic rings. The zero-order valence-electron chi connectivity index (χ0n) is 13.4. The molecular weight excluding hydrogens is 316 g/mol. The number of likely N-dealkylation sites (tertiary alicyclic amines) is 1. The molecule has 3 aromatic rings. The summed E-state index contributed by atoms with van der Waals surface area (Å²) in [6.45, 7) is 5.54. The van der Waals surface area contributed by atoms with Crippen molar-refractivity contribution in [3.63, 3.8) is 0 Å². The number of benzene rings is 1. The minimum Gasteiger partial charge on any atom is -0.338 e. The molecule has 1 saturated heterocycles. The molecule has 0 unspecified atom stereocenters. The molecule has 24 heavy (non-hydrogen) atoms. The van der Waals surface area contributed by atoms with E-state index in [-0.39, 0.29) is 5.91 Å². The lowest BCUT2D eigenvalue weighted by Crippen LogP contribution is -2.36. The highest BCUT2D eigenvalue weighted by atomic mass is 32.1. The van der Waals surface area contributed by atoms with Crippen molar-refractivity contribution in [3.8, 4) is 10.6 Å². The van der Waals surface area contributed by atoms with Gasteiger partial charge in [0.1, 0.15) is 0 Å². The van der Waals surface area contributed by atoms with Crippen molar-refractivity contribution < 1.29 is 4.79 Å². The molecule has 0 bridgehead atoms. The molecule has 0 saturated carbocycles. The van der Waals surface area contributed by atoms with E-state index >= 15 is 0 Å². The largest absolute Gasteiger partial charge is 0.338 e. The molecule has 1 amide bonds. The Hall–Kier alpha value is -2.46. The number of amides is 1. The normalized spacial score (nSPS) is 15.0. The molecule has 1 aliphatic heterocycles. The van der Waals surface area contributed by atoms with Gasteiger partial charge in [0.25, 0.3) is 5.91 Å². The first-order valence-corrected chi connectivity index (χ1v) is 9.00. The van der Waals surface area contributed by atoms with Gasteiger partial charge < -0.3 is 4.90 Å². The number of aromatic nitrogens is 1. The number of piperidine rings is 1. The van der Waals surface area contributed by atoms with Crippen LogP contribution in [0.2, 0.25) is 0 Å².